The number of H-pyrrole nitrogens is 1. The molecule has 0 aliphatic heterocycles. The molecule has 5 N–H and O–H groups in total. The van der Waals surface area contributed by atoms with Crippen LogP contribution >= 0.6 is 0 Å². The van der Waals surface area contributed by atoms with Crippen molar-refractivity contribution in [3.8, 4) is 5.75 Å². The quantitative estimate of drug-likeness (QED) is 0.486. The van der Waals surface area contributed by atoms with Gasteiger partial charge in [-0.3, -0.25) is 9.52 Å². The third-order valence-electron chi connectivity index (χ3n) is 3.88. The van der Waals surface area contributed by atoms with Gasteiger partial charge in [-0.1, -0.05) is 0 Å². The maximum Gasteiger partial charge on any atom is 0.340 e. The second-order valence-corrected chi connectivity index (χ2v) is 7.29. The maximum atomic E-state index is 12.6. The minimum Gasteiger partial charge on any atom is -0.507 e. The fourth-order valence-corrected chi connectivity index (χ4v) is 3.64. The Bertz CT molecular complexity index is 1170. The third kappa shape index (κ3) is 3.42. The zero-order valence-electron chi connectivity index (χ0n) is 14.0. The van der Waals surface area contributed by atoms with Crippen molar-refractivity contribution in [1.82, 2.24) is 4.98 Å². The molecule has 0 bridgehead atoms. The molecule has 0 atom stereocenters. The van der Waals surface area contributed by atoms with E-state index in [2.05, 4.69) is 14.4 Å². The van der Waals surface area contributed by atoms with Gasteiger partial charge in [0.15, 0.2) is 0 Å². The lowest BCUT2D eigenvalue weighted by Gasteiger charge is -2.10. The summed E-state index contributed by atoms with van der Waals surface area (Å²) in [6.07, 6.45) is 1.47. The first-order chi connectivity index (χ1) is 12.7. The smallest absolute Gasteiger partial charge is 0.340 e. The molecule has 0 fully saturated rings. The molecule has 9 nitrogen and oxygen atoms in total. The number of anilines is 1. The summed E-state index contributed by atoms with van der Waals surface area (Å²) in [5.41, 5.74) is 5.90. The number of nitrogens with two attached hydrogens (primary N) is 1. The number of aromatic hydroxyl groups is 1. The Morgan fingerprint density at radius 3 is 2.56 bits per heavy atom. The maximum absolute atomic E-state index is 12.6. The zero-order valence-corrected chi connectivity index (χ0v) is 14.8. The summed E-state index contributed by atoms with van der Waals surface area (Å²) in [5.74, 6) is -1.88. The van der Waals surface area contributed by atoms with E-state index < -0.39 is 27.6 Å². The summed E-state index contributed by atoms with van der Waals surface area (Å²) in [4.78, 5) is 25.6. The number of amides is 1. The van der Waals surface area contributed by atoms with Crippen LogP contribution in [0.2, 0.25) is 0 Å². The highest BCUT2D eigenvalue weighted by Gasteiger charge is 2.19. The number of fused-ring (bicyclic) bond motifs is 1. The molecule has 3 rings (SSSR count). The number of hydrogen-bond donors (Lipinski definition) is 4. The van der Waals surface area contributed by atoms with E-state index >= 15 is 0 Å². The fourth-order valence-electron chi connectivity index (χ4n) is 2.56. The average Bonchev–Trinajstić information content (AvgIpc) is 3.03. The van der Waals surface area contributed by atoms with E-state index in [-0.39, 0.29) is 16.1 Å². The lowest BCUT2D eigenvalue weighted by molar-refractivity contribution is 0.0603. The van der Waals surface area contributed by atoms with Gasteiger partial charge in [0.2, 0.25) is 0 Å². The highest BCUT2D eigenvalue weighted by atomic mass is 32.2. The van der Waals surface area contributed by atoms with E-state index in [4.69, 9.17) is 5.73 Å². The minimum absolute atomic E-state index is 0.231. The molecule has 140 valence electrons. The van der Waals surface area contributed by atoms with Gasteiger partial charge >= 0.3 is 5.97 Å². The number of aromatic nitrogens is 1. The number of carbonyl (C=O) groups is 2. The van der Waals surface area contributed by atoms with E-state index in [1.807, 2.05) is 0 Å². The molecule has 0 spiro atoms. The van der Waals surface area contributed by atoms with Gasteiger partial charge in [0.1, 0.15) is 5.75 Å². The number of esters is 1. The summed E-state index contributed by atoms with van der Waals surface area (Å²) in [6, 6.07) is 7.77. The minimum atomic E-state index is -4.04. The number of rotatable bonds is 5. The largest absolute Gasteiger partial charge is 0.507 e. The molecule has 1 heterocycles. The van der Waals surface area contributed by atoms with Crippen LogP contribution in [-0.2, 0) is 14.8 Å². The first-order valence-electron chi connectivity index (χ1n) is 7.58. The summed E-state index contributed by atoms with van der Waals surface area (Å²) in [6.45, 7) is 0. The predicted octanol–water partition coefficient (Wildman–Crippen LogP) is 1.56. The number of nitrogens with one attached hydrogen (secondary N) is 2. The van der Waals surface area contributed by atoms with Gasteiger partial charge in [-0.05, 0) is 36.4 Å². The number of sulfonamides is 1. The predicted molar refractivity (Wildman–Crippen MR) is 97.1 cm³/mol. The molecule has 0 radical (unpaired) electrons. The van der Waals surface area contributed by atoms with Gasteiger partial charge in [0, 0.05) is 17.1 Å². The van der Waals surface area contributed by atoms with E-state index in [0.29, 0.717) is 16.5 Å². The number of benzene rings is 2. The number of primary amides is 1. The number of hydrogen-bond acceptors (Lipinski definition) is 6. The summed E-state index contributed by atoms with van der Waals surface area (Å²) in [7, 11) is -2.78. The molecule has 0 aliphatic carbocycles. The monoisotopic (exact) mass is 389 g/mol. The van der Waals surface area contributed by atoms with Crippen LogP contribution in [0.5, 0.6) is 5.75 Å². The standard InChI is InChI=1S/C17H15N3O6S/c1-26-17(23)13-8-19-14-6-9(2-4-11(13)14)20-27(24,25)10-3-5-15(21)12(7-10)16(18)22/h2-8,19-21H,1H3,(H2,18,22). The number of phenols is 1. The van der Waals surface area contributed by atoms with Crippen LogP contribution in [0.3, 0.4) is 0 Å². The normalized spacial score (nSPS) is 11.3. The Kier molecular flexibility index (Phi) is 4.50. The number of methoxy groups -OCH3 is 1. The molecule has 3 aromatic rings. The van der Waals surface area contributed by atoms with E-state index in [1.54, 1.807) is 6.07 Å². The average molecular weight is 389 g/mol. The van der Waals surface area contributed by atoms with E-state index in [0.717, 1.165) is 18.2 Å². The van der Waals surface area contributed by atoms with Gasteiger partial charge in [-0.25, -0.2) is 13.2 Å². The molecule has 0 aliphatic rings. The molecule has 10 heteroatoms. The van der Waals surface area contributed by atoms with Crippen molar-refractivity contribution in [3.63, 3.8) is 0 Å². The molecule has 27 heavy (non-hydrogen) atoms. The van der Waals surface area contributed by atoms with Crippen molar-refractivity contribution in [3.05, 3.63) is 53.7 Å². The van der Waals surface area contributed by atoms with Crippen molar-refractivity contribution in [2.75, 3.05) is 11.8 Å². The highest BCUT2D eigenvalue weighted by Crippen LogP contribution is 2.26. The van der Waals surface area contributed by atoms with Crippen LogP contribution in [0, 0.1) is 0 Å². The Morgan fingerprint density at radius 2 is 1.89 bits per heavy atom. The number of carbonyl (C=O) groups excluding carboxylic acids is 2. The summed E-state index contributed by atoms with van der Waals surface area (Å²) in [5, 5.41) is 10.2. The first-order valence-corrected chi connectivity index (χ1v) is 9.06. The van der Waals surface area contributed by atoms with Gasteiger partial charge in [0.25, 0.3) is 15.9 Å². The van der Waals surface area contributed by atoms with Crippen molar-refractivity contribution >= 4 is 38.5 Å². The van der Waals surface area contributed by atoms with E-state index in [1.165, 1.54) is 25.4 Å². The molecular formula is C17H15N3O6S. The molecule has 2 aromatic carbocycles. The molecule has 0 saturated carbocycles. The van der Waals surface area contributed by atoms with E-state index in [9.17, 15) is 23.1 Å². The second-order valence-electron chi connectivity index (χ2n) is 5.60. The Hall–Kier alpha value is -3.53. The van der Waals surface area contributed by atoms with Crippen LogP contribution in [0.4, 0.5) is 5.69 Å². The molecule has 0 unspecified atom stereocenters. The van der Waals surface area contributed by atoms with Gasteiger partial charge < -0.3 is 20.6 Å². The van der Waals surface area contributed by atoms with Crippen molar-refractivity contribution in [1.29, 1.82) is 0 Å². The summed E-state index contributed by atoms with van der Waals surface area (Å²) >= 11 is 0. The molecular weight excluding hydrogens is 374 g/mol. The van der Waals surface area contributed by atoms with Crippen LogP contribution in [0.25, 0.3) is 10.9 Å². The Balaban J connectivity index is 1.95. The molecule has 0 saturated heterocycles. The lowest BCUT2D eigenvalue weighted by atomic mass is 10.1. The van der Waals surface area contributed by atoms with Gasteiger partial charge in [-0.15, -0.1) is 0 Å². The van der Waals surface area contributed by atoms with Crippen molar-refractivity contribution < 1.29 is 27.9 Å². The highest BCUT2D eigenvalue weighted by molar-refractivity contribution is 7.92. The van der Waals surface area contributed by atoms with Gasteiger partial charge in [0.05, 0.1) is 28.8 Å². The van der Waals surface area contributed by atoms with Gasteiger partial charge in [-0.2, -0.15) is 0 Å². The van der Waals surface area contributed by atoms with Crippen molar-refractivity contribution in [2.45, 2.75) is 4.90 Å². The Morgan fingerprint density at radius 1 is 1.15 bits per heavy atom. The number of aromatic amines is 1. The van der Waals surface area contributed by atoms with Crippen LogP contribution in [0.1, 0.15) is 20.7 Å². The lowest BCUT2D eigenvalue weighted by Crippen LogP contribution is -2.16. The zero-order chi connectivity index (χ0) is 19.8. The van der Waals surface area contributed by atoms with Crippen LogP contribution < -0.4 is 10.5 Å². The Labute approximate surface area is 153 Å². The first kappa shape index (κ1) is 18.3. The van der Waals surface area contributed by atoms with Crippen LogP contribution in [0.15, 0.2) is 47.5 Å². The summed E-state index contributed by atoms with van der Waals surface area (Å²) < 4.78 is 32.2. The topological polar surface area (TPSA) is 152 Å². The van der Waals surface area contributed by atoms with Crippen LogP contribution in [-0.4, -0.2) is 37.5 Å². The number of ether oxygens (including phenoxy) is 1. The van der Waals surface area contributed by atoms with Crippen molar-refractivity contribution in [2.24, 2.45) is 5.73 Å². The second kappa shape index (κ2) is 6.65. The molecule has 1 aromatic heterocycles. The third-order valence-corrected chi connectivity index (χ3v) is 5.26. The molecule has 1 amide bonds. The fraction of sp³-hybridized carbons (Fsp3) is 0.0588. The SMILES string of the molecule is COC(=O)c1c[nH]c2cc(NS(=O)(=O)c3ccc(O)c(C(N)=O)c3)ccc12.